The van der Waals surface area contributed by atoms with E-state index in [0.29, 0.717) is 10.8 Å². The second kappa shape index (κ2) is 3.57. The Kier molecular flexibility index (Phi) is 2.41. The fourth-order valence-corrected chi connectivity index (χ4v) is 1.58. The van der Waals surface area contributed by atoms with Crippen molar-refractivity contribution in [1.29, 1.82) is 0 Å². The Morgan fingerprint density at radius 2 is 2.43 bits per heavy atom. The quantitative estimate of drug-likeness (QED) is 0.779. The zero-order chi connectivity index (χ0) is 10.1. The highest BCUT2D eigenvalue weighted by Gasteiger charge is 2.11. The molecule has 3 N–H and O–H groups in total. The first kappa shape index (κ1) is 9.45. The summed E-state index contributed by atoms with van der Waals surface area (Å²) in [6.45, 7) is -0.107. The molecule has 2 rings (SSSR count). The van der Waals surface area contributed by atoms with E-state index in [1.165, 1.54) is 0 Å². The summed E-state index contributed by atoms with van der Waals surface area (Å²) in [6.07, 6.45) is 3.36. The summed E-state index contributed by atoms with van der Waals surface area (Å²) in [6, 6.07) is 3.24. The lowest BCUT2D eigenvalue weighted by molar-refractivity contribution is 0.268. The Labute approximate surface area is 85.9 Å². The highest BCUT2D eigenvalue weighted by Crippen LogP contribution is 2.19. The summed E-state index contributed by atoms with van der Waals surface area (Å²) in [5.74, 6) is 0. The van der Waals surface area contributed by atoms with Crippen molar-refractivity contribution in [1.82, 2.24) is 9.38 Å². The van der Waals surface area contributed by atoms with E-state index in [4.69, 9.17) is 22.4 Å². The molecule has 0 saturated heterocycles. The molecule has 0 aliphatic heterocycles. The Bertz CT molecular complexity index is 454. The Morgan fingerprint density at radius 3 is 3.14 bits per heavy atom. The van der Waals surface area contributed by atoms with E-state index in [1.54, 1.807) is 16.8 Å². The van der Waals surface area contributed by atoms with Gasteiger partial charge < -0.3 is 10.8 Å². The minimum absolute atomic E-state index is 0.107. The summed E-state index contributed by atoms with van der Waals surface area (Å²) in [5.41, 5.74) is 7.21. The standard InChI is InChI=1S/C9H10ClN3O/c10-8-4-12-9-6(7(11)5-14)2-1-3-13(8)9/h1-4,7,14H,5,11H2. The maximum Gasteiger partial charge on any atom is 0.142 e. The number of aliphatic hydroxyl groups is 1. The molecule has 0 radical (unpaired) electrons. The minimum Gasteiger partial charge on any atom is -0.394 e. The van der Waals surface area contributed by atoms with Gasteiger partial charge in [-0.15, -0.1) is 0 Å². The van der Waals surface area contributed by atoms with Crippen LogP contribution in [0.25, 0.3) is 5.65 Å². The third-order valence-corrected chi connectivity index (χ3v) is 2.40. The smallest absolute Gasteiger partial charge is 0.142 e. The van der Waals surface area contributed by atoms with Crippen LogP contribution in [0.5, 0.6) is 0 Å². The van der Waals surface area contributed by atoms with E-state index in [1.807, 2.05) is 12.1 Å². The van der Waals surface area contributed by atoms with Crippen LogP contribution < -0.4 is 5.73 Å². The maximum atomic E-state index is 8.96. The van der Waals surface area contributed by atoms with E-state index < -0.39 is 6.04 Å². The van der Waals surface area contributed by atoms with Gasteiger partial charge in [-0.05, 0) is 6.07 Å². The van der Waals surface area contributed by atoms with Crippen molar-refractivity contribution in [3.8, 4) is 0 Å². The normalized spacial score (nSPS) is 13.4. The first-order valence-electron chi connectivity index (χ1n) is 4.22. The molecule has 0 aliphatic carbocycles. The molecule has 4 nitrogen and oxygen atoms in total. The first-order chi connectivity index (χ1) is 6.74. The van der Waals surface area contributed by atoms with Crippen molar-refractivity contribution < 1.29 is 5.11 Å². The Hall–Kier alpha value is -1.10. The van der Waals surface area contributed by atoms with Gasteiger partial charge in [-0.1, -0.05) is 17.7 Å². The molecule has 2 heterocycles. The van der Waals surface area contributed by atoms with Crippen LogP contribution in [0, 0.1) is 0 Å². The van der Waals surface area contributed by atoms with Crippen molar-refractivity contribution in [2.45, 2.75) is 6.04 Å². The van der Waals surface area contributed by atoms with Crippen molar-refractivity contribution in [2.24, 2.45) is 5.73 Å². The monoisotopic (exact) mass is 211 g/mol. The number of fused-ring (bicyclic) bond motifs is 1. The summed E-state index contributed by atoms with van der Waals surface area (Å²) in [7, 11) is 0. The second-order valence-corrected chi connectivity index (χ2v) is 3.41. The van der Waals surface area contributed by atoms with E-state index in [-0.39, 0.29) is 6.61 Å². The Balaban J connectivity index is 2.65. The van der Waals surface area contributed by atoms with E-state index >= 15 is 0 Å². The number of hydrogen-bond acceptors (Lipinski definition) is 3. The second-order valence-electron chi connectivity index (χ2n) is 3.03. The topological polar surface area (TPSA) is 63.5 Å². The van der Waals surface area contributed by atoms with E-state index in [9.17, 15) is 0 Å². The molecule has 1 unspecified atom stereocenters. The number of nitrogens with zero attached hydrogens (tertiary/aromatic N) is 2. The van der Waals surface area contributed by atoms with Crippen molar-refractivity contribution in [2.75, 3.05) is 6.61 Å². The highest BCUT2D eigenvalue weighted by atomic mass is 35.5. The Morgan fingerprint density at radius 1 is 1.64 bits per heavy atom. The largest absolute Gasteiger partial charge is 0.394 e. The summed E-state index contributed by atoms with van der Waals surface area (Å²) in [5, 5.41) is 9.49. The van der Waals surface area contributed by atoms with Crippen LogP contribution in [0.4, 0.5) is 0 Å². The third kappa shape index (κ3) is 1.37. The average molecular weight is 212 g/mol. The molecule has 2 aromatic rings. The average Bonchev–Trinajstić information content (AvgIpc) is 2.59. The van der Waals surface area contributed by atoms with Crippen LogP contribution in [0.3, 0.4) is 0 Å². The van der Waals surface area contributed by atoms with Crippen LogP contribution in [-0.2, 0) is 0 Å². The van der Waals surface area contributed by atoms with Crippen molar-refractivity contribution in [3.05, 3.63) is 35.2 Å². The SMILES string of the molecule is NC(CO)c1cccn2c(Cl)cnc12. The van der Waals surface area contributed by atoms with Gasteiger partial charge in [0.2, 0.25) is 0 Å². The lowest BCUT2D eigenvalue weighted by Crippen LogP contribution is -2.15. The van der Waals surface area contributed by atoms with Gasteiger partial charge in [0, 0.05) is 11.8 Å². The van der Waals surface area contributed by atoms with Crippen molar-refractivity contribution >= 4 is 17.2 Å². The fourth-order valence-electron chi connectivity index (χ4n) is 1.39. The van der Waals surface area contributed by atoms with Crippen molar-refractivity contribution in [3.63, 3.8) is 0 Å². The number of aliphatic hydroxyl groups excluding tert-OH is 1. The molecule has 0 spiro atoms. The molecule has 2 aromatic heterocycles. The summed E-state index contributed by atoms with van der Waals surface area (Å²) >= 11 is 5.89. The zero-order valence-electron chi connectivity index (χ0n) is 7.39. The number of hydrogen-bond donors (Lipinski definition) is 2. The first-order valence-corrected chi connectivity index (χ1v) is 4.59. The fraction of sp³-hybridized carbons (Fsp3) is 0.222. The van der Waals surface area contributed by atoms with Gasteiger partial charge >= 0.3 is 0 Å². The number of halogens is 1. The lowest BCUT2D eigenvalue weighted by Gasteiger charge is -2.09. The van der Waals surface area contributed by atoms with Gasteiger partial charge in [0.15, 0.2) is 0 Å². The highest BCUT2D eigenvalue weighted by molar-refractivity contribution is 6.29. The maximum absolute atomic E-state index is 8.96. The predicted octanol–water partition coefficient (Wildman–Crippen LogP) is 0.980. The molecule has 0 fully saturated rings. The van der Waals surface area contributed by atoms with Crippen LogP contribution >= 0.6 is 11.6 Å². The summed E-state index contributed by atoms with van der Waals surface area (Å²) < 4.78 is 1.73. The predicted molar refractivity (Wildman–Crippen MR) is 54.2 cm³/mol. The summed E-state index contributed by atoms with van der Waals surface area (Å²) in [4.78, 5) is 4.13. The number of imidazole rings is 1. The minimum atomic E-state index is -0.419. The molecular weight excluding hydrogens is 202 g/mol. The van der Waals surface area contributed by atoms with Gasteiger partial charge in [0.05, 0.1) is 18.8 Å². The molecule has 1 atom stereocenters. The molecule has 0 saturated carbocycles. The zero-order valence-corrected chi connectivity index (χ0v) is 8.15. The van der Waals surface area contributed by atoms with Gasteiger partial charge in [0.25, 0.3) is 0 Å². The van der Waals surface area contributed by atoms with Crippen LogP contribution in [0.1, 0.15) is 11.6 Å². The molecule has 14 heavy (non-hydrogen) atoms. The molecule has 0 bridgehead atoms. The third-order valence-electron chi connectivity index (χ3n) is 2.12. The van der Waals surface area contributed by atoms with Crippen LogP contribution in [0.15, 0.2) is 24.5 Å². The van der Waals surface area contributed by atoms with E-state index in [0.717, 1.165) is 5.56 Å². The molecule has 0 aliphatic rings. The molecule has 0 amide bonds. The van der Waals surface area contributed by atoms with Gasteiger partial charge in [-0.25, -0.2) is 4.98 Å². The number of nitrogens with two attached hydrogens (primary N) is 1. The molecular formula is C9H10ClN3O. The number of aromatic nitrogens is 2. The molecule has 74 valence electrons. The molecule has 5 heteroatoms. The lowest BCUT2D eigenvalue weighted by atomic mass is 10.1. The van der Waals surface area contributed by atoms with Crippen LogP contribution in [-0.4, -0.2) is 21.1 Å². The van der Waals surface area contributed by atoms with E-state index in [2.05, 4.69) is 4.98 Å². The molecule has 0 aromatic carbocycles. The number of pyridine rings is 1. The van der Waals surface area contributed by atoms with Gasteiger partial charge in [-0.3, -0.25) is 4.40 Å². The number of rotatable bonds is 2. The van der Waals surface area contributed by atoms with Crippen LogP contribution in [0.2, 0.25) is 5.15 Å². The van der Waals surface area contributed by atoms with Gasteiger partial charge in [-0.2, -0.15) is 0 Å². The van der Waals surface area contributed by atoms with Gasteiger partial charge in [0.1, 0.15) is 10.8 Å².